The van der Waals surface area contributed by atoms with Gasteiger partial charge in [-0.15, -0.1) is 17.9 Å². The van der Waals surface area contributed by atoms with Gasteiger partial charge < -0.3 is 15.9 Å². The Hall–Kier alpha value is -1.51. The Balaban J connectivity index is 0.00000312. The molecule has 1 fully saturated rings. The zero-order chi connectivity index (χ0) is 18.1. The first-order chi connectivity index (χ1) is 11.2. The van der Waals surface area contributed by atoms with Crippen molar-refractivity contribution >= 4 is 73.9 Å². The third-order valence-electron chi connectivity index (χ3n) is 3.03. The summed E-state index contributed by atoms with van der Waals surface area (Å²) in [4.78, 5) is 32.6. The summed E-state index contributed by atoms with van der Waals surface area (Å²) >= 11 is 1.07. The van der Waals surface area contributed by atoms with Crippen molar-refractivity contribution in [1.29, 1.82) is 0 Å². The molecule has 2 rings (SSSR count). The number of nitrogen functional groups attached to an aromatic ring is 1. The molecule has 0 aromatic carbocycles. The van der Waals surface area contributed by atoms with E-state index in [9.17, 15) is 18.0 Å². The van der Waals surface area contributed by atoms with Gasteiger partial charge in [0, 0.05) is 5.38 Å². The summed E-state index contributed by atoms with van der Waals surface area (Å²) in [5.74, 6) is -1.84. The fraction of sp³-hybridized carbons (Fsp3) is 0.273. The number of nitrogens with one attached hydrogen (secondary N) is 1. The van der Waals surface area contributed by atoms with Gasteiger partial charge in [0.15, 0.2) is 10.8 Å². The van der Waals surface area contributed by atoms with E-state index in [1.165, 1.54) is 12.5 Å². The van der Waals surface area contributed by atoms with Crippen molar-refractivity contribution in [2.45, 2.75) is 12.1 Å². The number of hydrogen-bond donors (Lipinski definition) is 3. The van der Waals surface area contributed by atoms with Crippen molar-refractivity contribution in [1.82, 2.24) is 14.6 Å². The molecule has 0 radical (unpaired) electrons. The zero-order valence-corrected chi connectivity index (χ0v) is 13.9. The molecule has 2 heterocycles. The predicted octanol–water partition coefficient (Wildman–Crippen LogP) is -1.89. The summed E-state index contributed by atoms with van der Waals surface area (Å²) in [7, 11) is -3.53. The molecule has 2 atom stereocenters. The van der Waals surface area contributed by atoms with Crippen LogP contribution in [0.3, 0.4) is 0 Å². The van der Waals surface area contributed by atoms with Gasteiger partial charge in [-0.3, -0.25) is 14.1 Å². The number of amides is 2. The molecule has 132 valence electrons. The average Bonchev–Trinajstić information content (AvgIpc) is 2.91. The van der Waals surface area contributed by atoms with Gasteiger partial charge in [-0.2, -0.15) is 8.42 Å². The summed E-state index contributed by atoms with van der Waals surface area (Å²) in [5, 5.41) is 7.50. The zero-order valence-electron chi connectivity index (χ0n) is 12.2. The molecule has 11 nitrogen and oxygen atoms in total. The van der Waals surface area contributed by atoms with E-state index >= 15 is 0 Å². The topological polar surface area (TPSA) is 164 Å². The minimum absolute atomic E-state index is 0. The fourth-order valence-electron chi connectivity index (χ4n) is 2.03. The first-order valence-electron chi connectivity index (χ1n) is 6.27. The minimum atomic E-state index is -4.75. The molecule has 0 saturated carbocycles. The van der Waals surface area contributed by atoms with Crippen molar-refractivity contribution < 1.29 is 27.4 Å². The number of β-lactam (4-membered cyclic amide) rings is 1. The van der Waals surface area contributed by atoms with E-state index in [0.29, 0.717) is 0 Å². The Bertz CT molecular complexity index is 823. The number of aromatic nitrogens is 1. The molecule has 1 aromatic heterocycles. The maximum atomic E-state index is 12.3. The van der Waals surface area contributed by atoms with Crippen LogP contribution in [0.5, 0.6) is 0 Å². The Morgan fingerprint density at radius 1 is 1.64 bits per heavy atom. The van der Waals surface area contributed by atoms with E-state index in [-0.39, 0.29) is 50.4 Å². The van der Waals surface area contributed by atoms with Gasteiger partial charge in [-0.1, -0.05) is 11.2 Å². The molecule has 4 N–H and O–H groups in total. The number of nitrogens with two attached hydrogens (primary N) is 1. The van der Waals surface area contributed by atoms with Gasteiger partial charge in [0.1, 0.15) is 18.8 Å². The summed E-state index contributed by atoms with van der Waals surface area (Å²) in [6.45, 7) is 3.38. The van der Waals surface area contributed by atoms with E-state index in [4.69, 9.17) is 10.3 Å². The first kappa shape index (κ1) is 21.5. The van der Waals surface area contributed by atoms with E-state index in [1.54, 1.807) is 0 Å². The normalized spacial score (nSPS) is 20.3. The monoisotopic (exact) mass is 399 g/mol. The van der Waals surface area contributed by atoms with Gasteiger partial charge in [-0.25, -0.2) is 9.29 Å². The maximum absolute atomic E-state index is 12.3. The van der Waals surface area contributed by atoms with E-state index in [2.05, 4.69) is 26.9 Å². The summed E-state index contributed by atoms with van der Waals surface area (Å²) < 4.78 is 31.4. The van der Waals surface area contributed by atoms with Gasteiger partial charge in [0.25, 0.3) is 11.8 Å². The second-order valence-electron chi connectivity index (χ2n) is 4.48. The van der Waals surface area contributed by atoms with Crippen LogP contribution in [0.4, 0.5) is 5.13 Å². The quantitative estimate of drug-likeness (QED) is 0.125. The molecule has 2 amide bonds. The van der Waals surface area contributed by atoms with Crippen molar-refractivity contribution in [2.75, 3.05) is 12.8 Å². The molecule has 1 aromatic rings. The molecular weight excluding hydrogens is 385 g/mol. The van der Waals surface area contributed by atoms with E-state index in [1.807, 2.05) is 0 Å². The van der Waals surface area contributed by atoms with Crippen molar-refractivity contribution in [2.24, 2.45) is 5.16 Å². The van der Waals surface area contributed by atoms with Crippen LogP contribution in [-0.4, -0.2) is 88.5 Å². The summed E-state index contributed by atoms with van der Waals surface area (Å²) in [5.41, 5.74) is 5.38. The summed E-state index contributed by atoms with van der Waals surface area (Å²) in [6, 6.07) is -2.35. The molecule has 1 aliphatic rings. The number of rotatable bonds is 6. The Morgan fingerprint density at radius 2 is 2.28 bits per heavy atom. The second-order valence-corrected chi connectivity index (χ2v) is 6.66. The van der Waals surface area contributed by atoms with Gasteiger partial charge >= 0.3 is 39.9 Å². The molecule has 0 bridgehead atoms. The number of carbonyl (C=O) groups is 2. The molecule has 25 heavy (non-hydrogen) atoms. The van der Waals surface area contributed by atoms with Crippen LogP contribution in [0.2, 0.25) is 0 Å². The number of hydrogen-bond acceptors (Lipinski definition) is 9. The van der Waals surface area contributed by atoms with Crippen LogP contribution < -0.4 is 11.1 Å². The second kappa shape index (κ2) is 8.25. The molecule has 14 heteroatoms. The van der Waals surface area contributed by atoms with Crippen LogP contribution in [0.1, 0.15) is 5.69 Å². The third-order valence-corrected chi connectivity index (χ3v) is 4.63. The van der Waals surface area contributed by atoms with Gasteiger partial charge in [-0.05, 0) is 0 Å². The standard InChI is InChI=1S/C11H13N5O6S2.Na.H/c1-3-6-8(10(18)16(6)24(19,20)21)14-9(17)7(15-22-2)5-4-23-11(12)13-5;;/h3-4,6,8H,1H2,2H3,(H2,12,13)(H,14,17)(H,19,20,21);;/b15-7-;;/t6-,8+;;/m1../s1. The van der Waals surface area contributed by atoms with Crippen molar-refractivity contribution in [3.63, 3.8) is 0 Å². The number of nitrogens with zero attached hydrogens (tertiary/aromatic N) is 3. The van der Waals surface area contributed by atoms with Crippen LogP contribution in [0.25, 0.3) is 0 Å². The molecule has 1 aliphatic heterocycles. The molecule has 1 saturated heterocycles. The fourth-order valence-corrected chi connectivity index (χ4v) is 3.44. The molecule has 0 aliphatic carbocycles. The van der Waals surface area contributed by atoms with Crippen LogP contribution in [0, 0.1) is 0 Å². The Morgan fingerprint density at radius 3 is 2.72 bits per heavy atom. The predicted molar refractivity (Wildman–Crippen MR) is 91.5 cm³/mol. The molecular formula is C11H14N5NaO6S2. The molecule has 0 spiro atoms. The Kier molecular flexibility index (Phi) is 7.10. The van der Waals surface area contributed by atoms with Crippen LogP contribution >= 0.6 is 11.3 Å². The van der Waals surface area contributed by atoms with E-state index in [0.717, 1.165) is 17.4 Å². The number of thiazole rings is 1. The van der Waals surface area contributed by atoms with Crippen LogP contribution in [-0.2, 0) is 24.7 Å². The van der Waals surface area contributed by atoms with Crippen molar-refractivity contribution in [3.05, 3.63) is 23.7 Å². The van der Waals surface area contributed by atoms with Gasteiger partial charge in [0.05, 0.1) is 6.04 Å². The van der Waals surface area contributed by atoms with Crippen molar-refractivity contribution in [3.8, 4) is 0 Å². The number of carbonyl (C=O) groups excluding carboxylic acids is 2. The Labute approximate surface area is 169 Å². The average molecular weight is 399 g/mol. The SMILES string of the molecule is C=C[C@@H]1[C@H](NC(=O)/C(=N\OC)c2csc(N)n2)C(=O)N1S(=O)(=O)O.[NaH]. The number of oxime groups is 1. The summed E-state index contributed by atoms with van der Waals surface area (Å²) in [6.07, 6.45) is 1.11. The number of anilines is 1. The molecule has 0 unspecified atom stereocenters. The van der Waals surface area contributed by atoms with Gasteiger partial charge in [0.2, 0.25) is 0 Å². The first-order valence-corrected chi connectivity index (χ1v) is 8.55. The van der Waals surface area contributed by atoms with E-state index < -0.39 is 34.2 Å². The van der Waals surface area contributed by atoms with Crippen LogP contribution in [0.15, 0.2) is 23.2 Å². The third kappa shape index (κ3) is 4.37.